The Bertz CT molecular complexity index is 1020. The Morgan fingerprint density at radius 3 is 2.77 bits per heavy atom. The minimum absolute atomic E-state index is 0.0661. The number of ether oxygens (including phenoxy) is 2. The molecule has 3 aromatic rings. The minimum Gasteiger partial charge on any atom is -0.508 e. The molecule has 1 amide bonds. The van der Waals surface area contributed by atoms with E-state index in [-0.39, 0.29) is 17.6 Å². The summed E-state index contributed by atoms with van der Waals surface area (Å²) in [5.74, 6) is 1.21. The number of nitrogens with one attached hydrogen (secondary N) is 1. The van der Waals surface area contributed by atoms with Crippen LogP contribution in [-0.4, -0.2) is 30.2 Å². The number of anilines is 1. The SMILES string of the molecule is COc1cc2c(c(OC)c1)C(c1cnc3cc(O)ccc3c1)CC(=O)N2. The number of carbonyl (C=O) groups excluding carboxylic acids is 1. The second-order valence-electron chi connectivity index (χ2n) is 6.24. The number of hydrogen-bond donors (Lipinski definition) is 2. The highest BCUT2D eigenvalue weighted by Crippen LogP contribution is 2.45. The van der Waals surface area contributed by atoms with E-state index in [1.165, 1.54) is 0 Å². The Labute approximate surface area is 150 Å². The molecule has 1 unspecified atom stereocenters. The number of aromatic nitrogens is 1. The van der Waals surface area contributed by atoms with Crippen molar-refractivity contribution < 1.29 is 19.4 Å². The first-order chi connectivity index (χ1) is 12.6. The highest BCUT2D eigenvalue weighted by molar-refractivity contribution is 5.96. The molecule has 6 heteroatoms. The molecule has 2 N–H and O–H groups in total. The molecular weight excluding hydrogens is 332 g/mol. The van der Waals surface area contributed by atoms with Gasteiger partial charge in [-0.1, -0.05) is 0 Å². The van der Waals surface area contributed by atoms with Crippen LogP contribution in [-0.2, 0) is 4.79 Å². The number of phenolic OH excluding ortho intramolecular Hbond substituents is 1. The van der Waals surface area contributed by atoms with Gasteiger partial charge in [0.05, 0.1) is 25.4 Å². The summed E-state index contributed by atoms with van der Waals surface area (Å²) in [6.45, 7) is 0. The van der Waals surface area contributed by atoms with Gasteiger partial charge in [0.2, 0.25) is 5.91 Å². The molecule has 2 heterocycles. The number of rotatable bonds is 3. The van der Waals surface area contributed by atoms with Gasteiger partial charge in [0.25, 0.3) is 0 Å². The van der Waals surface area contributed by atoms with Crippen molar-refractivity contribution in [2.24, 2.45) is 0 Å². The number of phenols is 1. The molecule has 1 aliphatic rings. The molecule has 0 saturated heterocycles. The normalized spacial score (nSPS) is 16.1. The predicted octanol–water partition coefficient (Wildman–Crippen LogP) is 3.43. The van der Waals surface area contributed by atoms with Gasteiger partial charge in [-0.25, -0.2) is 0 Å². The second kappa shape index (κ2) is 6.22. The zero-order valence-electron chi connectivity index (χ0n) is 14.4. The van der Waals surface area contributed by atoms with Crippen LogP contribution < -0.4 is 14.8 Å². The summed E-state index contributed by atoms with van der Waals surface area (Å²) in [5, 5.41) is 13.4. The van der Waals surface area contributed by atoms with Crippen molar-refractivity contribution in [2.75, 3.05) is 19.5 Å². The predicted molar refractivity (Wildman–Crippen MR) is 98.0 cm³/mol. The molecule has 6 nitrogen and oxygen atoms in total. The summed E-state index contributed by atoms with van der Waals surface area (Å²) in [5.41, 5.74) is 3.22. The number of fused-ring (bicyclic) bond motifs is 2. The number of pyridine rings is 1. The summed E-state index contributed by atoms with van der Waals surface area (Å²) in [6, 6.07) is 10.7. The van der Waals surface area contributed by atoms with Crippen molar-refractivity contribution in [2.45, 2.75) is 12.3 Å². The maximum atomic E-state index is 12.3. The molecule has 0 aliphatic carbocycles. The quantitative estimate of drug-likeness (QED) is 0.756. The van der Waals surface area contributed by atoms with E-state index in [0.717, 1.165) is 16.5 Å². The fraction of sp³-hybridized carbons (Fsp3) is 0.200. The van der Waals surface area contributed by atoms with E-state index >= 15 is 0 Å². The van der Waals surface area contributed by atoms with Gasteiger partial charge in [-0.15, -0.1) is 0 Å². The number of nitrogens with zero attached hydrogens (tertiary/aromatic N) is 1. The van der Waals surface area contributed by atoms with E-state index in [1.807, 2.05) is 18.2 Å². The maximum Gasteiger partial charge on any atom is 0.225 e. The number of hydrogen-bond acceptors (Lipinski definition) is 5. The zero-order valence-corrected chi connectivity index (χ0v) is 14.4. The number of aromatic hydroxyl groups is 1. The molecule has 26 heavy (non-hydrogen) atoms. The van der Waals surface area contributed by atoms with Gasteiger partial charge in [0.15, 0.2) is 0 Å². The van der Waals surface area contributed by atoms with Gasteiger partial charge in [0, 0.05) is 47.7 Å². The third-order valence-corrected chi connectivity index (χ3v) is 4.67. The lowest BCUT2D eigenvalue weighted by Gasteiger charge is -2.28. The van der Waals surface area contributed by atoms with Crippen LogP contribution in [0.25, 0.3) is 10.9 Å². The summed E-state index contributed by atoms with van der Waals surface area (Å²) in [6.07, 6.45) is 2.06. The highest BCUT2D eigenvalue weighted by atomic mass is 16.5. The molecule has 0 saturated carbocycles. The Morgan fingerprint density at radius 1 is 1.15 bits per heavy atom. The van der Waals surface area contributed by atoms with Gasteiger partial charge in [-0.05, 0) is 23.8 Å². The maximum absolute atomic E-state index is 12.3. The molecule has 1 atom stereocenters. The summed E-state index contributed by atoms with van der Waals surface area (Å²) in [7, 11) is 3.18. The van der Waals surface area contributed by atoms with E-state index in [9.17, 15) is 9.90 Å². The molecule has 4 rings (SSSR count). The zero-order chi connectivity index (χ0) is 18.3. The highest BCUT2D eigenvalue weighted by Gasteiger charge is 2.30. The molecule has 1 aromatic heterocycles. The van der Waals surface area contributed by atoms with Crippen LogP contribution in [0.5, 0.6) is 17.2 Å². The van der Waals surface area contributed by atoms with Crippen LogP contribution >= 0.6 is 0 Å². The number of methoxy groups -OCH3 is 2. The lowest BCUT2D eigenvalue weighted by molar-refractivity contribution is -0.116. The van der Waals surface area contributed by atoms with Crippen LogP contribution in [0.4, 0.5) is 5.69 Å². The number of amides is 1. The van der Waals surface area contributed by atoms with E-state index < -0.39 is 0 Å². The average Bonchev–Trinajstić information content (AvgIpc) is 2.65. The van der Waals surface area contributed by atoms with E-state index in [1.54, 1.807) is 38.6 Å². The van der Waals surface area contributed by atoms with Crippen molar-refractivity contribution in [1.29, 1.82) is 0 Å². The van der Waals surface area contributed by atoms with Gasteiger partial charge in [0.1, 0.15) is 17.2 Å². The van der Waals surface area contributed by atoms with E-state index in [4.69, 9.17) is 9.47 Å². The van der Waals surface area contributed by atoms with Gasteiger partial charge < -0.3 is 19.9 Å². The van der Waals surface area contributed by atoms with Crippen molar-refractivity contribution in [3.8, 4) is 17.2 Å². The molecule has 0 bridgehead atoms. The van der Waals surface area contributed by atoms with Crippen LogP contribution in [0.1, 0.15) is 23.5 Å². The van der Waals surface area contributed by atoms with Gasteiger partial charge >= 0.3 is 0 Å². The number of carbonyl (C=O) groups is 1. The van der Waals surface area contributed by atoms with Crippen molar-refractivity contribution in [3.63, 3.8) is 0 Å². The summed E-state index contributed by atoms with van der Waals surface area (Å²) >= 11 is 0. The molecule has 0 fully saturated rings. The van der Waals surface area contributed by atoms with Crippen LogP contribution in [0.15, 0.2) is 42.6 Å². The monoisotopic (exact) mass is 350 g/mol. The van der Waals surface area contributed by atoms with Gasteiger partial charge in [-0.3, -0.25) is 9.78 Å². The standard InChI is InChI=1S/C20H18N2O4/c1-25-14-7-17-20(18(8-14)26-2)15(9-19(24)22-17)12-5-11-3-4-13(23)6-16(11)21-10-12/h3-8,10,15,23H,9H2,1-2H3,(H,22,24). The average molecular weight is 350 g/mol. The fourth-order valence-corrected chi connectivity index (χ4v) is 3.44. The Hall–Kier alpha value is -3.28. The minimum atomic E-state index is -0.176. The molecule has 132 valence electrons. The lowest BCUT2D eigenvalue weighted by atomic mass is 9.84. The summed E-state index contributed by atoms with van der Waals surface area (Å²) < 4.78 is 10.9. The van der Waals surface area contributed by atoms with Crippen molar-refractivity contribution in [1.82, 2.24) is 4.98 Å². The first-order valence-corrected chi connectivity index (χ1v) is 8.23. The van der Waals surface area contributed by atoms with E-state index in [2.05, 4.69) is 10.3 Å². The third kappa shape index (κ3) is 2.69. The van der Waals surface area contributed by atoms with Gasteiger partial charge in [-0.2, -0.15) is 0 Å². The Balaban J connectivity index is 1.88. The molecule has 0 spiro atoms. The first kappa shape index (κ1) is 16.2. The first-order valence-electron chi connectivity index (χ1n) is 8.23. The summed E-state index contributed by atoms with van der Waals surface area (Å²) in [4.78, 5) is 16.7. The van der Waals surface area contributed by atoms with Crippen molar-refractivity contribution in [3.05, 3.63) is 53.7 Å². The van der Waals surface area contributed by atoms with Crippen LogP contribution in [0.3, 0.4) is 0 Å². The Kier molecular flexibility index (Phi) is 3.88. The van der Waals surface area contributed by atoms with Crippen LogP contribution in [0, 0.1) is 0 Å². The topological polar surface area (TPSA) is 80.7 Å². The molecule has 0 radical (unpaired) electrons. The molecule has 2 aromatic carbocycles. The van der Waals surface area contributed by atoms with Crippen LogP contribution in [0.2, 0.25) is 0 Å². The third-order valence-electron chi connectivity index (χ3n) is 4.67. The Morgan fingerprint density at radius 2 is 2.00 bits per heavy atom. The fourth-order valence-electron chi connectivity index (χ4n) is 3.44. The molecule has 1 aliphatic heterocycles. The molecular formula is C20H18N2O4. The smallest absolute Gasteiger partial charge is 0.225 e. The second-order valence-corrected chi connectivity index (χ2v) is 6.24. The number of benzene rings is 2. The lowest BCUT2D eigenvalue weighted by Crippen LogP contribution is -2.24. The van der Waals surface area contributed by atoms with E-state index in [0.29, 0.717) is 29.1 Å². The largest absolute Gasteiger partial charge is 0.508 e. The van der Waals surface area contributed by atoms with Crippen molar-refractivity contribution >= 4 is 22.5 Å².